The Morgan fingerprint density at radius 2 is 1.53 bits per heavy atom. The lowest BCUT2D eigenvalue weighted by Crippen LogP contribution is -2.40. The van der Waals surface area contributed by atoms with E-state index in [1.807, 2.05) is 54.6 Å². The minimum absolute atomic E-state index is 0. The van der Waals surface area contributed by atoms with Gasteiger partial charge in [0.2, 0.25) is 0 Å². The van der Waals surface area contributed by atoms with Gasteiger partial charge in [0.1, 0.15) is 18.5 Å². The van der Waals surface area contributed by atoms with E-state index in [4.69, 9.17) is 4.74 Å². The number of halogens is 1. The summed E-state index contributed by atoms with van der Waals surface area (Å²) < 4.78 is 5.91. The van der Waals surface area contributed by atoms with Crippen molar-refractivity contribution in [3.8, 4) is 5.75 Å². The molecule has 1 heterocycles. The predicted molar refractivity (Wildman–Crippen MR) is 139 cm³/mol. The summed E-state index contributed by atoms with van der Waals surface area (Å²) in [6.45, 7) is 2.73. The molecule has 1 aliphatic rings. The molecule has 180 valence electrons. The largest absolute Gasteiger partial charge is 0.490 e. The smallest absolute Gasteiger partial charge is 0.166 e. The van der Waals surface area contributed by atoms with Crippen molar-refractivity contribution in [2.75, 3.05) is 26.2 Å². The number of Topliss-reactive ketones (excluding diaryl/α,β-unsaturated/α-hetero) is 1. The second-order valence-corrected chi connectivity index (χ2v) is 8.86. The Hall–Kier alpha value is -2.66. The molecule has 3 aromatic rings. The second kappa shape index (κ2) is 13.3. The SMILES string of the molecule is Cl.O=C(CCc1ccccc1)c1ccccc1OCC(O)CN1CCC(c2ccccc2)CC1. The molecule has 34 heavy (non-hydrogen) atoms. The molecule has 0 aromatic heterocycles. The van der Waals surface area contributed by atoms with Gasteiger partial charge >= 0.3 is 0 Å². The van der Waals surface area contributed by atoms with Gasteiger partial charge in [-0.05, 0) is 61.5 Å². The quantitative estimate of drug-likeness (QED) is 0.388. The van der Waals surface area contributed by atoms with E-state index >= 15 is 0 Å². The second-order valence-electron chi connectivity index (χ2n) is 8.86. The van der Waals surface area contributed by atoms with E-state index in [-0.39, 0.29) is 24.8 Å². The minimum atomic E-state index is -0.592. The Bertz CT molecular complexity index is 1000. The zero-order chi connectivity index (χ0) is 22.9. The van der Waals surface area contributed by atoms with E-state index in [1.165, 1.54) is 5.56 Å². The van der Waals surface area contributed by atoms with Crippen LogP contribution in [0.1, 0.15) is 46.7 Å². The number of aliphatic hydroxyl groups is 1. The van der Waals surface area contributed by atoms with Crippen LogP contribution < -0.4 is 4.74 Å². The molecule has 0 aliphatic carbocycles. The number of nitrogens with zero attached hydrogens (tertiary/aromatic N) is 1. The summed E-state index contributed by atoms with van der Waals surface area (Å²) in [4.78, 5) is 15.1. The van der Waals surface area contributed by atoms with E-state index in [0.717, 1.165) is 31.5 Å². The number of β-amino-alcohol motifs (C(OH)–C–C–N with tert-alkyl or cyclic N) is 1. The summed E-state index contributed by atoms with van der Waals surface area (Å²) in [6, 6.07) is 28.1. The van der Waals surface area contributed by atoms with Gasteiger partial charge in [0.15, 0.2) is 5.78 Å². The molecular formula is C29H34ClNO3. The lowest BCUT2D eigenvalue weighted by atomic mass is 9.89. The number of aliphatic hydroxyl groups excluding tert-OH is 1. The van der Waals surface area contributed by atoms with Gasteiger partial charge in [0.25, 0.3) is 0 Å². The van der Waals surface area contributed by atoms with Crippen molar-refractivity contribution >= 4 is 18.2 Å². The number of ether oxygens (including phenoxy) is 1. The molecule has 0 bridgehead atoms. The minimum Gasteiger partial charge on any atom is -0.490 e. The Kier molecular flexibility index (Phi) is 10.1. The van der Waals surface area contributed by atoms with Crippen LogP contribution in [0.3, 0.4) is 0 Å². The fourth-order valence-corrected chi connectivity index (χ4v) is 4.57. The number of benzene rings is 3. The summed E-state index contributed by atoms with van der Waals surface area (Å²) >= 11 is 0. The van der Waals surface area contributed by atoms with E-state index < -0.39 is 6.10 Å². The molecule has 1 saturated heterocycles. The Balaban J connectivity index is 0.00000324. The molecule has 4 rings (SSSR count). The van der Waals surface area contributed by atoms with Gasteiger partial charge < -0.3 is 14.7 Å². The topological polar surface area (TPSA) is 49.8 Å². The van der Waals surface area contributed by atoms with Gasteiger partial charge in [0.05, 0.1) is 5.56 Å². The highest BCUT2D eigenvalue weighted by molar-refractivity contribution is 5.98. The molecule has 0 spiro atoms. The van der Waals surface area contributed by atoms with Gasteiger partial charge in [-0.1, -0.05) is 72.8 Å². The third-order valence-corrected chi connectivity index (χ3v) is 6.43. The molecule has 5 heteroatoms. The van der Waals surface area contributed by atoms with Crippen LogP contribution in [-0.2, 0) is 6.42 Å². The van der Waals surface area contributed by atoms with Crippen LogP contribution in [-0.4, -0.2) is 48.1 Å². The monoisotopic (exact) mass is 479 g/mol. The first-order valence-electron chi connectivity index (χ1n) is 11.9. The molecule has 0 saturated carbocycles. The molecule has 1 fully saturated rings. The average Bonchev–Trinajstić information content (AvgIpc) is 2.88. The number of rotatable bonds is 10. The first kappa shape index (κ1) is 26.0. The molecular weight excluding hydrogens is 446 g/mol. The van der Waals surface area contributed by atoms with Gasteiger partial charge in [-0.3, -0.25) is 4.79 Å². The molecule has 0 amide bonds. The Morgan fingerprint density at radius 3 is 2.24 bits per heavy atom. The number of carbonyl (C=O) groups excluding carboxylic acids is 1. The molecule has 1 N–H and O–H groups in total. The van der Waals surface area contributed by atoms with Crippen molar-refractivity contribution in [2.45, 2.75) is 37.7 Å². The number of hydrogen-bond donors (Lipinski definition) is 1. The highest BCUT2D eigenvalue weighted by Gasteiger charge is 2.22. The van der Waals surface area contributed by atoms with Crippen LogP contribution in [0.2, 0.25) is 0 Å². The highest BCUT2D eigenvalue weighted by atomic mass is 35.5. The molecule has 0 radical (unpaired) electrons. The van der Waals surface area contributed by atoms with E-state index in [1.54, 1.807) is 0 Å². The lowest BCUT2D eigenvalue weighted by Gasteiger charge is -2.33. The summed E-state index contributed by atoms with van der Waals surface area (Å²) in [6.07, 6.45) is 2.76. The summed E-state index contributed by atoms with van der Waals surface area (Å²) in [5.74, 6) is 1.22. The van der Waals surface area contributed by atoms with Gasteiger partial charge in [-0.15, -0.1) is 12.4 Å². The van der Waals surface area contributed by atoms with Gasteiger partial charge in [-0.25, -0.2) is 0 Å². The summed E-state index contributed by atoms with van der Waals surface area (Å²) in [5, 5.41) is 10.6. The number of carbonyl (C=O) groups is 1. The lowest BCUT2D eigenvalue weighted by molar-refractivity contribution is 0.0588. The zero-order valence-electron chi connectivity index (χ0n) is 19.5. The third-order valence-electron chi connectivity index (χ3n) is 6.43. The van der Waals surface area contributed by atoms with Crippen LogP contribution in [0.4, 0.5) is 0 Å². The third kappa shape index (κ3) is 7.42. The fourth-order valence-electron chi connectivity index (χ4n) is 4.57. The first-order valence-corrected chi connectivity index (χ1v) is 11.9. The Labute approximate surface area is 209 Å². The highest BCUT2D eigenvalue weighted by Crippen LogP contribution is 2.28. The molecule has 3 aromatic carbocycles. The zero-order valence-corrected chi connectivity index (χ0v) is 20.3. The van der Waals surface area contributed by atoms with Crippen LogP contribution in [0.15, 0.2) is 84.9 Å². The number of piperidine rings is 1. The summed E-state index contributed by atoms with van der Waals surface area (Å²) in [5.41, 5.74) is 3.15. The van der Waals surface area contributed by atoms with Gasteiger partial charge in [-0.2, -0.15) is 0 Å². The predicted octanol–water partition coefficient (Wildman–Crippen LogP) is 5.54. The van der Waals surface area contributed by atoms with Gasteiger partial charge in [0, 0.05) is 13.0 Å². The number of para-hydroxylation sites is 1. The van der Waals surface area contributed by atoms with Crippen molar-refractivity contribution in [1.82, 2.24) is 4.90 Å². The van der Waals surface area contributed by atoms with Crippen LogP contribution in [0.5, 0.6) is 5.75 Å². The Morgan fingerprint density at radius 1 is 0.912 bits per heavy atom. The summed E-state index contributed by atoms with van der Waals surface area (Å²) in [7, 11) is 0. The van der Waals surface area contributed by atoms with Crippen molar-refractivity contribution in [3.05, 3.63) is 102 Å². The molecule has 4 nitrogen and oxygen atoms in total. The number of likely N-dealkylation sites (tertiary alicyclic amines) is 1. The number of hydrogen-bond acceptors (Lipinski definition) is 4. The maximum absolute atomic E-state index is 12.8. The van der Waals surface area contributed by atoms with Crippen LogP contribution in [0, 0.1) is 0 Å². The maximum Gasteiger partial charge on any atom is 0.166 e. The molecule has 1 unspecified atom stereocenters. The van der Waals surface area contributed by atoms with Crippen molar-refractivity contribution in [2.24, 2.45) is 0 Å². The van der Waals surface area contributed by atoms with Crippen molar-refractivity contribution in [3.63, 3.8) is 0 Å². The molecule has 1 aliphatic heterocycles. The average molecular weight is 480 g/mol. The van der Waals surface area contributed by atoms with Crippen molar-refractivity contribution < 1.29 is 14.6 Å². The maximum atomic E-state index is 12.8. The van der Waals surface area contributed by atoms with Crippen LogP contribution >= 0.6 is 12.4 Å². The first-order chi connectivity index (χ1) is 16.2. The number of aryl methyl sites for hydroxylation is 1. The molecule has 1 atom stereocenters. The van der Waals surface area contributed by atoms with E-state index in [2.05, 4.69) is 35.2 Å². The van der Waals surface area contributed by atoms with Crippen molar-refractivity contribution in [1.29, 1.82) is 0 Å². The normalized spacial score (nSPS) is 15.3. The van der Waals surface area contributed by atoms with E-state index in [9.17, 15) is 9.90 Å². The fraction of sp³-hybridized carbons (Fsp3) is 0.345. The number of ketones is 1. The standard InChI is InChI=1S/C29H33NO3.ClH/c31-26(21-30-19-17-25(18-20-30)24-11-5-2-6-12-24)22-33-29-14-8-7-13-27(29)28(32)16-15-23-9-3-1-4-10-23;/h1-14,25-26,31H,15-22H2;1H. The van der Waals surface area contributed by atoms with Crippen LogP contribution in [0.25, 0.3) is 0 Å². The van der Waals surface area contributed by atoms with E-state index in [0.29, 0.717) is 36.6 Å².